The van der Waals surface area contributed by atoms with E-state index in [1.807, 2.05) is 0 Å². The molecule has 0 aromatic heterocycles. The summed E-state index contributed by atoms with van der Waals surface area (Å²) in [7, 11) is 1.42. The minimum atomic E-state index is -1.19. The molecule has 2 heterocycles. The topological polar surface area (TPSA) is 110 Å². The summed E-state index contributed by atoms with van der Waals surface area (Å²) in [5.41, 5.74) is 0.369. The van der Waals surface area contributed by atoms with Gasteiger partial charge in [-0.3, -0.25) is 4.79 Å². The molecule has 10 heteroatoms. The van der Waals surface area contributed by atoms with Gasteiger partial charge in [0.15, 0.2) is 17.3 Å². The molecule has 29 heavy (non-hydrogen) atoms. The molecular formula is C19H23NO9. The molecule has 10 nitrogen and oxygen atoms in total. The molecule has 3 rings (SSSR count). The predicted octanol–water partition coefficient (Wildman–Crippen LogP) is 2.34. The van der Waals surface area contributed by atoms with E-state index in [-0.39, 0.29) is 18.7 Å². The fraction of sp³-hybridized carbons (Fsp3) is 0.526. The van der Waals surface area contributed by atoms with Crippen LogP contribution in [0.4, 0.5) is 9.59 Å². The highest BCUT2D eigenvalue weighted by Gasteiger charge is 2.28. The third kappa shape index (κ3) is 5.08. The SMILES string of the molecule is CC(OC(=O)OC1CCOC1)OC(=O)N(C)C(C)C(=O)c1ccc2c(c1)OCO2. The monoisotopic (exact) mass is 409 g/mol. The lowest BCUT2D eigenvalue weighted by Gasteiger charge is -2.25. The van der Waals surface area contributed by atoms with E-state index in [4.69, 9.17) is 28.4 Å². The van der Waals surface area contributed by atoms with Gasteiger partial charge in [0.25, 0.3) is 0 Å². The zero-order valence-corrected chi connectivity index (χ0v) is 16.4. The van der Waals surface area contributed by atoms with Gasteiger partial charge < -0.3 is 33.3 Å². The Hall–Kier alpha value is -3.01. The van der Waals surface area contributed by atoms with E-state index in [1.54, 1.807) is 25.1 Å². The fourth-order valence-corrected chi connectivity index (χ4v) is 2.78. The summed E-state index contributed by atoms with van der Waals surface area (Å²) in [6.45, 7) is 3.87. The van der Waals surface area contributed by atoms with Crippen molar-refractivity contribution >= 4 is 18.0 Å². The van der Waals surface area contributed by atoms with Gasteiger partial charge >= 0.3 is 12.2 Å². The van der Waals surface area contributed by atoms with Gasteiger partial charge in [-0.05, 0) is 25.1 Å². The Kier molecular flexibility index (Phi) is 6.42. The Morgan fingerprint density at radius 2 is 1.90 bits per heavy atom. The van der Waals surface area contributed by atoms with Crippen LogP contribution in [0.3, 0.4) is 0 Å². The highest BCUT2D eigenvalue weighted by molar-refractivity contribution is 6.01. The van der Waals surface area contributed by atoms with Crippen LogP contribution in [0.5, 0.6) is 11.5 Å². The molecule has 1 amide bonds. The van der Waals surface area contributed by atoms with E-state index in [9.17, 15) is 14.4 Å². The van der Waals surface area contributed by atoms with Crippen LogP contribution in [-0.4, -0.2) is 68.4 Å². The van der Waals surface area contributed by atoms with E-state index < -0.39 is 24.6 Å². The maximum absolute atomic E-state index is 12.7. The molecule has 3 unspecified atom stereocenters. The third-order valence-corrected chi connectivity index (χ3v) is 4.59. The van der Waals surface area contributed by atoms with Gasteiger partial charge in [-0.25, -0.2) is 9.59 Å². The second-order valence-corrected chi connectivity index (χ2v) is 6.64. The van der Waals surface area contributed by atoms with E-state index in [0.29, 0.717) is 36.7 Å². The van der Waals surface area contributed by atoms with Crippen LogP contribution in [0.2, 0.25) is 0 Å². The number of rotatable bonds is 6. The Morgan fingerprint density at radius 1 is 1.14 bits per heavy atom. The highest BCUT2D eigenvalue weighted by Crippen LogP contribution is 2.33. The molecule has 0 saturated carbocycles. The van der Waals surface area contributed by atoms with Crippen LogP contribution in [0, 0.1) is 0 Å². The first kappa shape index (κ1) is 20.7. The normalized spacial score (nSPS) is 19.2. The lowest BCUT2D eigenvalue weighted by molar-refractivity contribution is -0.0900. The molecule has 0 radical (unpaired) electrons. The highest BCUT2D eigenvalue weighted by atomic mass is 16.8. The lowest BCUT2D eigenvalue weighted by atomic mass is 10.0. The molecule has 0 aliphatic carbocycles. The average Bonchev–Trinajstić information content (AvgIpc) is 3.36. The summed E-state index contributed by atoms with van der Waals surface area (Å²) >= 11 is 0. The van der Waals surface area contributed by atoms with Crippen molar-refractivity contribution in [3.05, 3.63) is 23.8 Å². The van der Waals surface area contributed by atoms with Gasteiger partial charge in [0.2, 0.25) is 13.1 Å². The molecule has 1 saturated heterocycles. The fourth-order valence-electron chi connectivity index (χ4n) is 2.78. The summed E-state index contributed by atoms with van der Waals surface area (Å²) < 4.78 is 30.6. The maximum atomic E-state index is 12.7. The van der Waals surface area contributed by atoms with Crippen molar-refractivity contribution in [1.82, 2.24) is 4.90 Å². The Balaban J connectivity index is 1.50. The standard InChI is InChI=1S/C19H23NO9/c1-11(17(21)13-4-5-15-16(8-13)26-10-25-15)20(3)18(22)27-12(2)28-19(23)29-14-6-7-24-9-14/h4-5,8,11-12,14H,6-7,9-10H2,1-3H3. The summed E-state index contributed by atoms with van der Waals surface area (Å²) in [5.74, 6) is 0.724. The van der Waals surface area contributed by atoms with Crippen LogP contribution in [0.25, 0.3) is 0 Å². The number of benzene rings is 1. The Labute approximate surface area is 167 Å². The summed E-state index contributed by atoms with van der Waals surface area (Å²) in [6, 6.07) is 3.98. The quantitative estimate of drug-likeness (QED) is 0.397. The van der Waals surface area contributed by atoms with Gasteiger partial charge in [-0.2, -0.15) is 0 Å². The van der Waals surface area contributed by atoms with E-state index in [0.717, 1.165) is 4.90 Å². The second-order valence-electron chi connectivity index (χ2n) is 6.64. The van der Waals surface area contributed by atoms with Gasteiger partial charge in [0, 0.05) is 26.0 Å². The summed E-state index contributed by atoms with van der Waals surface area (Å²) in [6.07, 6.45) is -2.74. The average molecular weight is 409 g/mol. The van der Waals surface area contributed by atoms with Gasteiger partial charge in [-0.1, -0.05) is 0 Å². The minimum Gasteiger partial charge on any atom is -0.454 e. The molecular weight excluding hydrogens is 386 g/mol. The van der Waals surface area contributed by atoms with Gasteiger partial charge in [0.05, 0.1) is 19.3 Å². The molecule has 2 aliphatic rings. The number of fused-ring (bicyclic) bond motifs is 1. The van der Waals surface area contributed by atoms with Crippen molar-refractivity contribution in [3.63, 3.8) is 0 Å². The van der Waals surface area contributed by atoms with Crippen LogP contribution in [0.15, 0.2) is 18.2 Å². The summed E-state index contributed by atoms with van der Waals surface area (Å²) in [4.78, 5) is 37.8. The first-order chi connectivity index (χ1) is 13.8. The van der Waals surface area contributed by atoms with Gasteiger partial charge in [0.1, 0.15) is 6.10 Å². The predicted molar refractivity (Wildman–Crippen MR) is 96.9 cm³/mol. The molecule has 3 atom stereocenters. The number of hydrogen-bond donors (Lipinski definition) is 0. The number of amides is 1. The number of ketones is 1. The molecule has 2 aliphatic heterocycles. The van der Waals surface area contributed by atoms with Crippen molar-refractivity contribution in [2.24, 2.45) is 0 Å². The van der Waals surface area contributed by atoms with Gasteiger partial charge in [-0.15, -0.1) is 0 Å². The first-order valence-electron chi connectivity index (χ1n) is 9.17. The largest absolute Gasteiger partial charge is 0.511 e. The molecule has 0 spiro atoms. The molecule has 1 aromatic rings. The smallest absolute Gasteiger partial charge is 0.454 e. The lowest BCUT2D eigenvalue weighted by Crippen LogP contribution is -2.42. The molecule has 0 N–H and O–H groups in total. The molecule has 158 valence electrons. The van der Waals surface area contributed by atoms with Crippen molar-refractivity contribution in [2.45, 2.75) is 38.7 Å². The number of Topliss-reactive ketones (excluding diaryl/α,β-unsaturated/α-hetero) is 1. The second kappa shape index (κ2) is 8.99. The van der Waals surface area contributed by atoms with E-state index in [1.165, 1.54) is 14.0 Å². The minimum absolute atomic E-state index is 0.100. The van der Waals surface area contributed by atoms with E-state index >= 15 is 0 Å². The number of likely N-dealkylation sites (N-methyl/N-ethyl adjacent to an activating group) is 1. The van der Waals surface area contributed by atoms with Crippen molar-refractivity contribution in [2.75, 3.05) is 27.1 Å². The maximum Gasteiger partial charge on any atom is 0.511 e. The molecule has 1 aromatic carbocycles. The van der Waals surface area contributed by atoms with Crippen molar-refractivity contribution in [3.8, 4) is 11.5 Å². The van der Waals surface area contributed by atoms with E-state index in [2.05, 4.69) is 0 Å². The van der Waals surface area contributed by atoms with Crippen LogP contribution in [0.1, 0.15) is 30.6 Å². The Morgan fingerprint density at radius 3 is 2.62 bits per heavy atom. The number of carbonyl (C=O) groups excluding carboxylic acids is 3. The number of nitrogens with zero attached hydrogens (tertiary/aromatic N) is 1. The van der Waals surface area contributed by atoms with Crippen LogP contribution in [-0.2, 0) is 18.9 Å². The number of ether oxygens (including phenoxy) is 6. The zero-order valence-electron chi connectivity index (χ0n) is 16.4. The Bertz CT molecular complexity index is 775. The van der Waals surface area contributed by atoms with Crippen molar-refractivity contribution in [1.29, 1.82) is 0 Å². The zero-order chi connectivity index (χ0) is 21.0. The first-order valence-corrected chi connectivity index (χ1v) is 9.17. The molecule has 0 bridgehead atoms. The number of carbonyl (C=O) groups is 3. The van der Waals surface area contributed by atoms with Crippen molar-refractivity contribution < 1.29 is 42.8 Å². The third-order valence-electron chi connectivity index (χ3n) is 4.59. The summed E-state index contributed by atoms with van der Waals surface area (Å²) in [5, 5.41) is 0. The van der Waals surface area contributed by atoms with Crippen LogP contribution >= 0.6 is 0 Å². The number of hydrogen-bond acceptors (Lipinski definition) is 9. The van der Waals surface area contributed by atoms with Crippen LogP contribution < -0.4 is 9.47 Å². The molecule has 1 fully saturated rings.